The third-order valence-corrected chi connectivity index (χ3v) is 4.48. The standard InChI is InChI=1S/C18H37NO5S/c1-4-5-6-7-8-9-10-11-12-13-18(20)19-17(14-16(2)3)15-24-25(21,22)23/h16-17H,4-15H2,1-3H3,(H,19,20)(H,21,22,23). The summed E-state index contributed by atoms with van der Waals surface area (Å²) < 4.78 is 34.4. The lowest BCUT2D eigenvalue weighted by Crippen LogP contribution is -2.39. The molecule has 0 saturated carbocycles. The predicted octanol–water partition coefficient (Wildman–Crippen LogP) is 4.26. The van der Waals surface area contributed by atoms with Crippen LogP contribution in [0.5, 0.6) is 0 Å². The zero-order valence-electron chi connectivity index (χ0n) is 16.1. The largest absolute Gasteiger partial charge is 0.397 e. The summed E-state index contributed by atoms with van der Waals surface area (Å²) in [7, 11) is -4.48. The molecule has 0 aromatic carbocycles. The van der Waals surface area contributed by atoms with Crippen molar-refractivity contribution in [2.24, 2.45) is 5.92 Å². The summed E-state index contributed by atoms with van der Waals surface area (Å²) in [6.45, 7) is 5.94. The van der Waals surface area contributed by atoms with Crippen LogP contribution in [-0.2, 0) is 19.4 Å². The molecule has 0 aliphatic heterocycles. The maximum Gasteiger partial charge on any atom is 0.397 e. The van der Waals surface area contributed by atoms with Gasteiger partial charge in [0.05, 0.1) is 12.6 Å². The first-order chi connectivity index (χ1) is 11.7. The molecule has 0 aromatic heterocycles. The Bertz CT molecular complexity index is 437. The molecule has 25 heavy (non-hydrogen) atoms. The van der Waals surface area contributed by atoms with Crippen LogP contribution < -0.4 is 5.32 Å². The van der Waals surface area contributed by atoms with Gasteiger partial charge in [-0.05, 0) is 18.8 Å². The summed E-state index contributed by atoms with van der Waals surface area (Å²) >= 11 is 0. The predicted molar refractivity (Wildman–Crippen MR) is 101 cm³/mol. The van der Waals surface area contributed by atoms with E-state index in [0.29, 0.717) is 12.8 Å². The first kappa shape index (κ1) is 24.3. The second-order valence-electron chi connectivity index (χ2n) is 7.18. The van der Waals surface area contributed by atoms with Crippen molar-refractivity contribution in [3.63, 3.8) is 0 Å². The molecule has 0 rings (SSSR count). The molecule has 0 spiro atoms. The summed E-state index contributed by atoms with van der Waals surface area (Å²) in [5.74, 6) is 0.190. The third kappa shape index (κ3) is 17.9. The number of nitrogens with one attached hydrogen (secondary N) is 1. The first-order valence-electron chi connectivity index (χ1n) is 9.65. The molecule has 1 unspecified atom stereocenters. The fraction of sp³-hybridized carbons (Fsp3) is 0.944. The first-order valence-corrected chi connectivity index (χ1v) is 11.0. The Kier molecular flexibility index (Phi) is 14.1. The normalized spacial score (nSPS) is 13.2. The van der Waals surface area contributed by atoms with Crippen LogP contribution >= 0.6 is 0 Å². The quantitative estimate of drug-likeness (QED) is 0.309. The van der Waals surface area contributed by atoms with Crippen molar-refractivity contribution in [1.29, 1.82) is 0 Å². The van der Waals surface area contributed by atoms with E-state index in [1.807, 2.05) is 13.8 Å². The van der Waals surface area contributed by atoms with Crippen molar-refractivity contribution in [2.45, 2.75) is 97.4 Å². The van der Waals surface area contributed by atoms with E-state index in [-0.39, 0.29) is 18.4 Å². The third-order valence-electron chi connectivity index (χ3n) is 4.05. The number of carbonyl (C=O) groups excluding carboxylic acids is 1. The van der Waals surface area contributed by atoms with Gasteiger partial charge in [-0.2, -0.15) is 8.42 Å². The molecule has 6 nitrogen and oxygen atoms in total. The lowest BCUT2D eigenvalue weighted by Gasteiger charge is -2.19. The molecule has 0 bridgehead atoms. The molecule has 1 atom stereocenters. The average molecular weight is 380 g/mol. The van der Waals surface area contributed by atoms with Gasteiger partial charge in [-0.3, -0.25) is 9.35 Å². The molecule has 0 radical (unpaired) electrons. The van der Waals surface area contributed by atoms with Crippen LogP contribution in [0.1, 0.15) is 91.4 Å². The van der Waals surface area contributed by atoms with E-state index in [0.717, 1.165) is 19.3 Å². The van der Waals surface area contributed by atoms with Crippen molar-refractivity contribution >= 4 is 16.3 Å². The van der Waals surface area contributed by atoms with Gasteiger partial charge in [0.25, 0.3) is 0 Å². The summed E-state index contributed by atoms with van der Waals surface area (Å²) in [4.78, 5) is 12.0. The number of carbonyl (C=O) groups is 1. The number of amides is 1. The van der Waals surface area contributed by atoms with Gasteiger partial charge >= 0.3 is 10.4 Å². The van der Waals surface area contributed by atoms with Crippen LogP contribution in [0, 0.1) is 5.92 Å². The smallest absolute Gasteiger partial charge is 0.351 e. The van der Waals surface area contributed by atoms with E-state index < -0.39 is 16.4 Å². The molecule has 0 aromatic rings. The van der Waals surface area contributed by atoms with Gasteiger partial charge in [-0.1, -0.05) is 72.1 Å². The fourth-order valence-electron chi connectivity index (χ4n) is 2.80. The topological polar surface area (TPSA) is 92.7 Å². The zero-order chi connectivity index (χ0) is 19.1. The maximum atomic E-state index is 12.0. The van der Waals surface area contributed by atoms with Crippen molar-refractivity contribution in [2.75, 3.05) is 6.61 Å². The Morgan fingerprint density at radius 2 is 1.52 bits per heavy atom. The van der Waals surface area contributed by atoms with Crippen LogP contribution in [0.4, 0.5) is 0 Å². The molecule has 150 valence electrons. The van der Waals surface area contributed by atoms with Crippen LogP contribution in [0.15, 0.2) is 0 Å². The van der Waals surface area contributed by atoms with Crippen molar-refractivity contribution < 1.29 is 21.9 Å². The molecule has 0 saturated heterocycles. The van der Waals surface area contributed by atoms with Gasteiger partial charge in [0.15, 0.2) is 0 Å². The Balaban J connectivity index is 3.86. The Morgan fingerprint density at radius 3 is 2.00 bits per heavy atom. The minimum absolute atomic E-state index is 0.0902. The van der Waals surface area contributed by atoms with Gasteiger partial charge in [0.1, 0.15) is 0 Å². The lowest BCUT2D eigenvalue weighted by atomic mass is 10.0. The van der Waals surface area contributed by atoms with Crippen molar-refractivity contribution in [3.05, 3.63) is 0 Å². The van der Waals surface area contributed by atoms with Gasteiger partial charge in [-0.25, -0.2) is 4.18 Å². The van der Waals surface area contributed by atoms with Gasteiger partial charge in [-0.15, -0.1) is 0 Å². The van der Waals surface area contributed by atoms with E-state index in [2.05, 4.69) is 16.4 Å². The SMILES string of the molecule is CCCCCCCCCCCC(=O)NC(COS(=O)(=O)O)CC(C)C. The van der Waals surface area contributed by atoms with Crippen molar-refractivity contribution in [3.8, 4) is 0 Å². The van der Waals surface area contributed by atoms with Crippen molar-refractivity contribution in [1.82, 2.24) is 5.32 Å². The summed E-state index contributed by atoms with van der Waals surface area (Å²) in [6, 6.07) is -0.409. The molecular formula is C18H37NO5S. The van der Waals surface area contributed by atoms with Crippen LogP contribution in [-0.4, -0.2) is 31.5 Å². The highest BCUT2D eigenvalue weighted by Gasteiger charge is 2.17. The number of unbranched alkanes of at least 4 members (excludes halogenated alkanes) is 8. The molecule has 0 fully saturated rings. The fourth-order valence-corrected chi connectivity index (χ4v) is 3.14. The highest BCUT2D eigenvalue weighted by atomic mass is 32.3. The molecular weight excluding hydrogens is 342 g/mol. The number of rotatable bonds is 16. The van der Waals surface area contributed by atoms with E-state index >= 15 is 0 Å². The minimum Gasteiger partial charge on any atom is -0.351 e. The molecule has 1 amide bonds. The highest BCUT2D eigenvalue weighted by Crippen LogP contribution is 2.11. The maximum absolute atomic E-state index is 12.0. The van der Waals surface area contributed by atoms with Crippen LogP contribution in [0.3, 0.4) is 0 Å². The molecule has 2 N–H and O–H groups in total. The molecule has 7 heteroatoms. The highest BCUT2D eigenvalue weighted by molar-refractivity contribution is 7.80. The Labute approximate surface area is 154 Å². The van der Waals surface area contributed by atoms with Gasteiger partial charge < -0.3 is 5.32 Å². The van der Waals surface area contributed by atoms with Crippen LogP contribution in [0.25, 0.3) is 0 Å². The van der Waals surface area contributed by atoms with E-state index in [4.69, 9.17) is 4.55 Å². The van der Waals surface area contributed by atoms with E-state index in [1.165, 1.54) is 38.5 Å². The van der Waals surface area contributed by atoms with E-state index in [9.17, 15) is 13.2 Å². The number of hydrogen-bond acceptors (Lipinski definition) is 4. The zero-order valence-corrected chi connectivity index (χ0v) is 16.9. The lowest BCUT2D eigenvalue weighted by molar-refractivity contribution is -0.122. The monoisotopic (exact) mass is 379 g/mol. The number of hydrogen-bond donors (Lipinski definition) is 2. The molecule has 0 heterocycles. The van der Waals surface area contributed by atoms with Crippen LogP contribution in [0.2, 0.25) is 0 Å². The molecule has 0 aliphatic rings. The summed E-state index contributed by atoms with van der Waals surface area (Å²) in [5, 5.41) is 2.81. The second-order valence-corrected chi connectivity index (χ2v) is 8.28. The Hall–Kier alpha value is -0.660. The molecule has 0 aliphatic carbocycles. The second kappa shape index (κ2) is 14.5. The summed E-state index contributed by atoms with van der Waals surface area (Å²) in [6.07, 6.45) is 11.8. The summed E-state index contributed by atoms with van der Waals surface area (Å²) in [5.41, 5.74) is 0. The van der Waals surface area contributed by atoms with E-state index in [1.54, 1.807) is 0 Å². The van der Waals surface area contributed by atoms with Gasteiger partial charge in [0.2, 0.25) is 5.91 Å². The minimum atomic E-state index is -4.48. The van der Waals surface area contributed by atoms with Gasteiger partial charge in [0, 0.05) is 6.42 Å². The average Bonchev–Trinajstić information content (AvgIpc) is 2.50. The Morgan fingerprint density at radius 1 is 1.00 bits per heavy atom.